The van der Waals surface area contributed by atoms with Gasteiger partial charge >= 0.3 is 6.18 Å². The van der Waals surface area contributed by atoms with Crippen LogP contribution in [0.4, 0.5) is 19.0 Å². The molecule has 0 aliphatic heterocycles. The number of halogens is 5. The first-order valence-electron chi connectivity index (χ1n) is 7.82. The summed E-state index contributed by atoms with van der Waals surface area (Å²) in [5, 5.41) is 12.9. The van der Waals surface area contributed by atoms with Gasteiger partial charge in [0.15, 0.2) is 5.69 Å². The van der Waals surface area contributed by atoms with Crippen LogP contribution in [-0.2, 0) is 6.18 Å². The third-order valence-corrected chi connectivity index (χ3v) is 5.51. The number of hydrogen-bond donors (Lipinski definition) is 1. The van der Waals surface area contributed by atoms with Crippen molar-refractivity contribution in [3.63, 3.8) is 0 Å². The molecular weight excluding hydrogens is 448 g/mol. The lowest BCUT2D eigenvalue weighted by atomic mass is 10.2. The van der Waals surface area contributed by atoms with Crippen LogP contribution in [0, 0.1) is 11.3 Å². The minimum absolute atomic E-state index is 0.0182. The molecule has 0 fully saturated rings. The SMILES string of the molecule is COc1ccc(Sc2c(C#N)nn(-c3c(Cl)cc(C(F)(F)F)cc3Cl)c2N)cc1. The fourth-order valence-corrected chi connectivity index (χ4v) is 3.98. The Morgan fingerprint density at radius 3 is 2.24 bits per heavy atom. The highest BCUT2D eigenvalue weighted by Gasteiger charge is 2.33. The van der Waals surface area contributed by atoms with Gasteiger partial charge in [-0.3, -0.25) is 0 Å². The van der Waals surface area contributed by atoms with Crippen LogP contribution in [0.15, 0.2) is 46.2 Å². The molecule has 1 heterocycles. The normalized spacial score (nSPS) is 11.3. The lowest BCUT2D eigenvalue weighted by Gasteiger charge is -2.13. The molecule has 3 aromatic rings. The van der Waals surface area contributed by atoms with E-state index in [1.807, 2.05) is 6.07 Å². The van der Waals surface area contributed by atoms with Crippen LogP contribution in [0.5, 0.6) is 5.75 Å². The maximum absolute atomic E-state index is 13.0. The van der Waals surface area contributed by atoms with Crippen molar-refractivity contribution in [1.82, 2.24) is 9.78 Å². The molecule has 0 unspecified atom stereocenters. The monoisotopic (exact) mass is 458 g/mol. The number of nitrogens with two attached hydrogens (primary N) is 1. The van der Waals surface area contributed by atoms with E-state index in [9.17, 15) is 18.4 Å². The molecular formula is C18H11Cl2F3N4OS. The largest absolute Gasteiger partial charge is 0.497 e. The van der Waals surface area contributed by atoms with E-state index in [-0.39, 0.29) is 27.2 Å². The van der Waals surface area contributed by atoms with E-state index < -0.39 is 11.7 Å². The summed E-state index contributed by atoms with van der Waals surface area (Å²) in [7, 11) is 1.54. The average molecular weight is 459 g/mol. The number of methoxy groups -OCH3 is 1. The Kier molecular flexibility index (Phi) is 5.89. The number of alkyl halides is 3. The number of anilines is 1. The summed E-state index contributed by atoms with van der Waals surface area (Å²) in [6.45, 7) is 0. The second-order valence-corrected chi connectivity index (χ2v) is 7.55. The quantitative estimate of drug-likeness (QED) is 0.533. The van der Waals surface area contributed by atoms with Crippen molar-refractivity contribution in [3.8, 4) is 17.5 Å². The van der Waals surface area contributed by atoms with Crippen LogP contribution < -0.4 is 10.5 Å². The molecule has 11 heteroatoms. The minimum atomic E-state index is -4.62. The van der Waals surface area contributed by atoms with Crippen molar-refractivity contribution in [2.24, 2.45) is 0 Å². The highest BCUT2D eigenvalue weighted by atomic mass is 35.5. The van der Waals surface area contributed by atoms with E-state index in [0.29, 0.717) is 10.6 Å². The van der Waals surface area contributed by atoms with Crippen molar-refractivity contribution in [2.45, 2.75) is 16.0 Å². The molecule has 1 aromatic heterocycles. The van der Waals surface area contributed by atoms with E-state index in [1.54, 1.807) is 24.3 Å². The van der Waals surface area contributed by atoms with Crippen LogP contribution in [0.3, 0.4) is 0 Å². The minimum Gasteiger partial charge on any atom is -0.497 e. The van der Waals surface area contributed by atoms with E-state index in [0.717, 1.165) is 21.7 Å². The number of hydrogen-bond acceptors (Lipinski definition) is 5. The Labute approximate surface area is 177 Å². The van der Waals surface area contributed by atoms with Gasteiger partial charge in [-0.15, -0.1) is 0 Å². The molecule has 2 N–H and O–H groups in total. The Morgan fingerprint density at radius 1 is 1.17 bits per heavy atom. The van der Waals surface area contributed by atoms with Gasteiger partial charge in [-0.05, 0) is 36.4 Å². The van der Waals surface area contributed by atoms with Crippen LogP contribution >= 0.6 is 35.0 Å². The van der Waals surface area contributed by atoms with Gasteiger partial charge in [0.2, 0.25) is 0 Å². The summed E-state index contributed by atoms with van der Waals surface area (Å²) in [5.41, 5.74) is 5.07. The van der Waals surface area contributed by atoms with Gasteiger partial charge in [0.05, 0.1) is 27.6 Å². The summed E-state index contributed by atoms with van der Waals surface area (Å²) >= 11 is 13.2. The van der Waals surface area contributed by atoms with E-state index in [2.05, 4.69) is 5.10 Å². The molecule has 0 saturated carbocycles. The van der Waals surface area contributed by atoms with Crippen LogP contribution in [-0.4, -0.2) is 16.9 Å². The average Bonchev–Trinajstić information content (AvgIpc) is 2.97. The highest BCUT2D eigenvalue weighted by molar-refractivity contribution is 7.99. The van der Waals surface area contributed by atoms with Crippen LogP contribution in [0.1, 0.15) is 11.3 Å². The third-order valence-electron chi connectivity index (χ3n) is 3.82. The number of nitrogens with zero attached hydrogens (tertiary/aromatic N) is 3. The number of ether oxygens (including phenoxy) is 1. The summed E-state index contributed by atoms with van der Waals surface area (Å²) in [6, 6.07) is 10.4. The zero-order valence-electron chi connectivity index (χ0n) is 14.6. The van der Waals surface area contributed by atoms with Crippen molar-refractivity contribution in [2.75, 3.05) is 12.8 Å². The first kappa shape index (κ1) is 21.2. The molecule has 3 rings (SSSR count). The predicted octanol–water partition coefficient (Wildman–Crippen LogP) is 5.81. The first-order valence-corrected chi connectivity index (χ1v) is 9.40. The summed E-state index contributed by atoms with van der Waals surface area (Å²) in [6.07, 6.45) is -4.62. The molecule has 0 atom stereocenters. The Morgan fingerprint density at radius 2 is 1.76 bits per heavy atom. The summed E-state index contributed by atoms with van der Waals surface area (Å²) in [4.78, 5) is 1.07. The van der Waals surface area contributed by atoms with Crippen LogP contribution in [0.25, 0.3) is 5.69 Å². The third kappa shape index (κ3) is 4.24. The Hall–Kier alpha value is -2.54. The molecule has 0 bridgehead atoms. The molecule has 150 valence electrons. The van der Waals surface area contributed by atoms with E-state index >= 15 is 0 Å². The maximum Gasteiger partial charge on any atom is 0.416 e. The lowest BCUT2D eigenvalue weighted by molar-refractivity contribution is -0.137. The molecule has 2 aromatic carbocycles. The van der Waals surface area contributed by atoms with Gasteiger partial charge in [0, 0.05) is 4.90 Å². The van der Waals surface area contributed by atoms with Gasteiger partial charge in [-0.25, -0.2) is 4.68 Å². The van der Waals surface area contributed by atoms with Crippen molar-refractivity contribution >= 4 is 40.8 Å². The molecule has 0 saturated heterocycles. The zero-order chi connectivity index (χ0) is 21.3. The molecule has 29 heavy (non-hydrogen) atoms. The van der Waals surface area contributed by atoms with Crippen molar-refractivity contribution in [1.29, 1.82) is 5.26 Å². The molecule has 0 aliphatic rings. The number of rotatable bonds is 4. The molecule has 0 radical (unpaired) electrons. The topological polar surface area (TPSA) is 76.9 Å². The number of benzene rings is 2. The van der Waals surface area contributed by atoms with Gasteiger partial charge in [-0.1, -0.05) is 35.0 Å². The Balaban J connectivity index is 2.07. The smallest absolute Gasteiger partial charge is 0.416 e. The fourth-order valence-electron chi connectivity index (χ4n) is 2.45. The number of nitriles is 1. The summed E-state index contributed by atoms with van der Waals surface area (Å²) < 4.78 is 45.0. The molecule has 0 spiro atoms. The Bertz CT molecular complexity index is 1090. The predicted molar refractivity (Wildman–Crippen MR) is 105 cm³/mol. The van der Waals surface area contributed by atoms with Gasteiger partial charge in [0.1, 0.15) is 23.3 Å². The fraction of sp³-hybridized carbons (Fsp3) is 0.111. The van der Waals surface area contributed by atoms with Crippen molar-refractivity contribution in [3.05, 3.63) is 57.7 Å². The second-order valence-electron chi connectivity index (χ2n) is 5.65. The zero-order valence-corrected chi connectivity index (χ0v) is 16.9. The highest BCUT2D eigenvalue weighted by Crippen LogP contribution is 2.41. The van der Waals surface area contributed by atoms with Crippen LogP contribution in [0.2, 0.25) is 10.0 Å². The van der Waals surface area contributed by atoms with E-state index in [1.165, 1.54) is 18.9 Å². The standard InChI is InChI=1S/C18H11Cl2F3N4OS/c1-28-10-2-4-11(5-3-10)29-16-14(8-24)26-27(17(16)25)15-12(19)6-9(7-13(15)20)18(21,22)23/h2-7H,25H2,1H3. The summed E-state index contributed by atoms with van der Waals surface area (Å²) in [5.74, 6) is 0.674. The lowest BCUT2D eigenvalue weighted by Crippen LogP contribution is -2.08. The van der Waals surface area contributed by atoms with E-state index in [4.69, 9.17) is 33.7 Å². The van der Waals surface area contributed by atoms with Gasteiger partial charge in [-0.2, -0.15) is 23.5 Å². The number of aromatic nitrogens is 2. The molecule has 0 aliphatic carbocycles. The molecule has 5 nitrogen and oxygen atoms in total. The second kappa shape index (κ2) is 8.06. The van der Waals surface area contributed by atoms with Gasteiger partial charge in [0.25, 0.3) is 0 Å². The van der Waals surface area contributed by atoms with Gasteiger partial charge < -0.3 is 10.5 Å². The maximum atomic E-state index is 13.0. The number of nitrogen functional groups attached to an aromatic ring is 1. The molecule has 0 amide bonds. The first-order chi connectivity index (χ1) is 13.7. The van der Waals surface area contributed by atoms with Crippen molar-refractivity contribution < 1.29 is 17.9 Å².